The highest BCUT2D eigenvalue weighted by Gasteiger charge is 2.40. The summed E-state index contributed by atoms with van der Waals surface area (Å²) in [4.78, 5) is 30.5. The van der Waals surface area contributed by atoms with E-state index in [0.29, 0.717) is 0 Å². The minimum absolute atomic E-state index is 0.0935. The SMILES string of the molecule is CCCCCC(O)CO.O=C(O)CC(O)(CC(=O)O)C(=O)O. The predicted molar refractivity (Wildman–Crippen MR) is 74.3 cm³/mol. The molecule has 0 aliphatic heterocycles. The van der Waals surface area contributed by atoms with E-state index in [9.17, 15) is 14.4 Å². The van der Waals surface area contributed by atoms with Gasteiger partial charge in [-0.05, 0) is 6.42 Å². The van der Waals surface area contributed by atoms with Crippen molar-refractivity contribution in [3.63, 3.8) is 0 Å². The lowest BCUT2D eigenvalue weighted by Crippen LogP contribution is -2.42. The van der Waals surface area contributed by atoms with E-state index in [-0.39, 0.29) is 6.61 Å². The van der Waals surface area contributed by atoms with Crippen molar-refractivity contribution in [3.8, 4) is 0 Å². The number of carboxylic acid groups (broad SMARTS) is 3. The Hall–Kier alpha value is -1.71. The Morgan fingerprint density at radius 1 is 1.00 bits per heavy atom. The molecular formula is C13H24O9. The summed E-state index contributed by atoms with van der Waals surface area (Å²) in [5, 5.41) is 51.0. The number of carboxylic acids is 3. The highest BCUT2D eigenvalue weighted by Crippen LogP contribution is 2.15. The van der Waals surface area contributed by atoms with E-state index < -0.39 is 42.5 Å². The Morgan fingerprint density at radius 3 is 1.73 bits per heavy atom. The third-order valence-corrected chi connectivity index (χ3v) is 2.64. The van der Waals surface area contributed by atoms with E-state index in [0.717, 1.165) is 25.7 Å². The smallest absolute Gasteiger partial charge is 0.336 e. The van der Waals surface area contributed by atoms with Crippen molar-refractivity contribution in [3.05, 3.63) is 0 Å². The van der Waals surface area contributed by atoms with Crippen LogP contribution in [0.5, 0.6) is 0 Å². The molecule has 0 aliphatic rings. The van der Waals surface area contributed by atoms with Gasteiger partial charge in [0.1, 0.15) is 0 Å². The molecule has 0 amide bonds. The molecule has 0 aliphatic carbocycles. The molecule has 1 atom stereocenters. The molecule has 0 saturated carbocycles. The molecule has 0 aromatic rings. The molecule has 130 valence electrons. The van der Waals surface area contributed by atoms with E-state index >= 15 is 0 Å². The van der Waals surface area contributed by atoms with E-state index in [1.54, 1.807) is 0 Å². The second-order valence-electron chi connectivity index (χ2n) is 4.81. The minimum Gasteiger partial charge on any atom is -0.481 e. The first-order valence-corrected chi connectivity index (χ1v) is 6.77. The summed E-state index contributed by atoms with van der Waals surface area (Å²) in [5.41, 5.74) is -2.74. The molecule has 9 nitrogen and oxygen atoms in total. The fraction of sp³-hybridized carbons (Fsp3) is 0.769. The number of aliphatic hydroxyl groups is 3. The molecule has 9 heteroatoms. The molecule has 22 heavy (non-hydrogen) atoms. The molecule has 6 N–H and O–H groups in total. The zero-order valence-electron chi connectivity index (χ0n) is 12.4. The van der Waals surface area contributed by atoms with Crippen LogP contribution in [0.3, 0.4) is 0 Å². The molecule has 0 rings (SSSR count). The topological polar surface area (TPSA) is 173 Å². The van der Waals surface area contributed by atoms with Crippen molar-refractivity contribution >= 4 is 17.9 Å². The first-order chi connectivity index (χ1) is 10.1. The van der Waals surface area contributed by atoms with Crippen LogP contribution in [0.25, 0.3) is 0 Å². The van der Waals surface area contributed by atoms with Crippen LogP contribution in [0, 0.1) is 0 Å². The summed E-state index contributed by atoms with van der Waals surface area (Å²) >= 11 is 0. The molecule has 0 saturated heterocycles. The van der Waals surface area contributed by atoms with Crippen molar-refractivity contribution in [1.82, 2.24) is 0 Å². The molecule has 0 radical (unpaired) electrons. The van der Waals surface area contributed by atoms with Gasteiger partial charge in [0.2, 0.25) is 0 Å². The van der Waals surface area contributed by atoms with Crippen LogP contribution in [0.4, 0.5) is 0 Å². The standard InChI is InChI=1S/C7H16O2.C6H8O7/c1-2-3-4-5-7(9)6-8;7-3(8)1-6(13,5(11)12)2-4(9)10/h7-9H,2-6H2,1H3;13H,1-2H2,(H,7,8)(H,9,10)(H,11,12). The Bertz CT molecular complexity index is 337. The fourth-order valence-electron chi connectivity index (χ4n) is 1.44. The lowest BCUT2D eigenvalue weighted by Gasteiger charge is -2.18. The maximum absolute atomic E-state index is 10.3. The maximum atomic E-state index is 10.3. The normalized spacial score (nSPS) is 12.0. The zero-order valence-corrected chi connectivity index (χ0v) is 12.4. The molecule has 0 fully saturated rings. The maximum Gasteiger partial charge on any atom is 0.336 e. The number of aliphatic hydroxyl groups excluding tert-OH is 2. The lowest BCUT2D eigenvalue weighted by molar-refractivity contribution is -0.170. The first kappa shape index (κ1) is 22.6. The van der Waals surface area contributed by atoms with Crippen LogP contribution >= 0.6 is 0 Å². The highest BCUT2D eigenvalue weighted by molar-refractivity contribution is 5.88. The highest BCUT2D eigenvalue weighted by atomic mass is 16.4. The minimum atomic E-state index is -2.74. The molecule has 0 aromatic carbocycles. The van der Waals surface area contributed by atoms with Crippen LogP contribution in [-0.2, 0) is 14.4 Å². The van der Waals surface area contributed by atoms with E-state index in [1.807, 2.05) is 0 Å². The molecule has 1 unspecified atom stereocenters. The van der Waals surface area contributed by atoms with E-state index in [4.69, 9.17) is 30.6 Å². The number of aliphatic carboxylic acids is 3. The predicted octanol–water partition coefficient (Wildman–Crippen LogP) is -0.329. The summed E-state index contributed by atoms with van der Waals surface area (Å²) < 4.78 is 0. The van der Waals surface area contributed by atoms with Gasteiger partial charge in [0.15, 0.2) is 5.60 Å². The Kier molecular flexibility index (Phi) is 12.2. The van der Waals surface area contributed by atoms with E-state index in [2.05, 4.69) is 6.92 Å². The summed E-state index contributed by atoms with van der Waals surface area (Å²) in [6, 6.07) is 0. The van der Waals surface area contributed by atoms with Crippen molar-refractivity contribution < 1.29 is 45.0 Å². The van der Waals surface area contributed by atoms with Gasteiger partial charge in [0, 0.05) is 0 Å². The molecule has 0 heterocycles. The van der Waals surface area contributed by atoms with Crippen LogP contribution in [0.2, 0.25) is 0 Å². The summed E-state index contributed by atoms with van der Waals surface area (Å²) in [5.74, 6) is -5.02. The first-order valence-electron chi connectivity index (χ1n) is 6.77. The monoisotopic (exact) mass is 324 g/mol. The fourth-order valence-corrected chi connectivity index (χ4v) is 1.44. The molecule has 0 bridgehead atoms. The van der Waals surface area contributed by atoms with Crippen LogP contribution in [0.15, 0.2) is 0 Å². The second-order valence-corrected chi connectivity index (χ2v) is 4.81. The molecular weight excluding hydrogens is 300 g/mol. The third-order valence-electron chi connectivity index (χ3n) is 2.64. The number of hydrogen-bond acceptors (Lipinski definition) is 6. The lowest BCUT2D eigenvalue weighted by atomic mass is 9.96. The third kappa shape index (κ3) is 12.1. The van der Waals surface area contributed by atoms with Gasteiger partial charge in [-0.15, -0.1) is 0 Å². The number of hydrogen-bond donors (Lipinski definition) is 6. The summed E-state index contributed by atoms with van der Waals surface area (Å²) in [7, 11) is 0. The second kappa shape index (κ2) is 11.9. The zero-order chi connectivity index (χ0) is 17.8. The number of rotatable bonds is 10. The van der Waals surface area contributed by atoms with Gasteiger partial charge >= 0.3 is 17.9 Å². The largest absolute Gasteiger partial charge is 0.481 e. The van der Waals surface area contributed by atoms with Crippen LogP contribution < -0.4 is 0 Å². The quantitative estimate of drug-likeness (QED) is 0.294. The summed E-state index contributed by atoms with van der Waals surface area (Å²) in [6.07, 6.45) is 1.30. The van der Waals surface area contributed by atoms with Gasteiger partial charge in [0.25, 0.3) is 0 Å². The van der Waals surface area contributed by atoms with Gasteiger partial charge < -0.3 is 30.6 Å². The van der Waals surface area contributed by atoms with Crippen molar-refractivity contribution in [2.45, 2.75) is 57.2 Å². The van der Waals surface area contributed by atoms with Crippen molar-refractivity contribution in [1.29, 1.82) is 0 Å². The van der Waals surface area contributed by atoms with Crippen molar-refractivity contribution in [2.24, 2.45) is 0 Å². The summed E-state index contributed by atoms with van der Waals surface area (Å²) in [6.45, 7) is 2.02. The van der Waals surface area contributed by atoms with E-state index in [1.165, 1.54) is 0 Å². The average Bonchev–Trinajstić information content (AvgIpc) is 2.37. The molecule has 0 aromatic heterocycles. The van der Waals surface area contributed by atoms with Gasteiger partial charge in [-0.3, -0.25) is 9.59 Å². The van der Waals surface area contributed by atoms with Crippen LogP contribution in [-0.4, -0.2) is 66.9 Å². The van der Waals surface area contributed by atoms with Gasteiger partial charge in [-0.25, -0.2) is 4.79 Å². The van der Waals surface area contributed by atoms with Gasteiger partial charge in [0.05, 0.1) is 25.6 Å². The van der Waals surface area contributed by atoms with Crippen molar-refractivity contribution in [2.75, 3.05) is 6.61 Å². The Labute approximate surface area is 127 Å². The molecule has 0 spiro atoms. The van der Waals surface area contributed by atoms with Crippen LogP contribution in [0.1, 0.15) is 45.4 Å². The Balaban J connectivity index is 0. The number of unbranched alkanes of at least 4 members (excludes halogenated alkanes) is 2. The number of carbonyl (C=O) groups is 3. The average molecular weight is 324 g/mol. The Morgan fingerprint density at radius 2 is 1.45 bits per heavy atom. The van der Waals surface area contributed by atoms with Gasteiger partial charge in [-0.2, -0.15) is 0 Å². The van der Waals surface area contributed by atoms with Gasteiger partial charge in [-0.1, -0.05) is 26.2 Å².